The molecule has 0 bridgehead atoms. The SMILES string of the molecule is Fc1ccc2c(c1)[nH]c1nc3ccccc3cc12. The lowest BCUT2D eigenvalue weighted by Gasteiger charge is -1.96. The fourth-order valence-electron chi connectivity index (χ4n) is 2.40. The molecule has 0 saturated carbocycles. The van der Waals surface area contributed by atoms with E-state index in [0.717, 1.165) is 32.8 Å². The second-order valence-electron chi connectivity index (χ2n) is 4.39. The second-order valence-corrected chi connectivity index (χ2v) is 4.39. The quantitative estimate of drug-likeness (QED) is 0.491. The third kappa shape index (κ3) is 1.24. The monoisotopic (exact) mass is 236 g/mol. The van der Waals surface area contributed by atoms with E-state index in [4.69, 9.17) is 0 Å². The number of pyridine rings is 1. The number of nitrogens with zero attached hydrogens (tertiary/aromatic N) is 1. The van der Waals surface area contributed by atoms with Crippen LogP contribution in [-0.2, 0) is 0 Å². The zero-order valence-electron chi connectivity index (χ0n) is 9.44. The van der Waals surface area contributed by atoms with Crippen LogP contribution in [0.2, 0.25) is 0 Å². The summed E-state index contributed by atoms with van der Waals surface area (Å²) in [4.78, 5) is 7.73. The van der Waals surface area contributed by atoms with Crippen molar-refractivity contribution in [3.05, 3.63) is 54.3 Å². The van der Waals surface area contributed by atoms with Crippen LogP contribution in [-0.4, -0.2) is 9.97 Å². The van der Waals surface area contributed by atoms with Crippen LogP contribution in [0.3, 0.4) is 0 Å². The maximum absolute atomic E-state index is 13.2. The van der Waals surface area contributed by atoms with Crippen molar-refractivity contribution in [1.82, 2.24) is 9.97 Å². The second kappa shape index (κ2) is 3.29. The lowest BCUT2D eigenvalue weighted by molar-refractivity contribution is 0.629. The van der Waals surface area contributed by atoms with E-state index in [1.54, 1.807) is 6.07 Å². The third-order valence-electron chi connectivity index (χ3n) is 3.25. The first kappa shape index (κ1) is 9.59. The van der Waals surface area contributed by atoms with Gasteiger partial charge in [0.1, 0.15) is 11.5 Å². The normalized spacial score (nSPS) is 11.6. The molecule has 0 fully saturated rings. The Kier molecular flexibility index (Phi) is 1.75. The molecule has 0 aliphatic carbocycles. The average molecular weight is 236 g/mol. The standard InChI is InChI=1S/C15H9FN2/c16-10-5-6-11-12-7-9-3-1-2-4-13(9)17-15(12)18-14(11)8-10/h1-8H,(H,17,18). The molecule has 0 spiro atoms. The molecule has 18 heavy (non-hydrogen) atoms. The number of benzene rings is 2. The molecule has 1 N–H and O–H groups in total. The van der Waals surface area contributed by atoms with Crippen LogP contribution in [0.15, 0.2) is 48.5 Å². The van der Waals surface area contributed by atoms with Gasteiger partial charge in [0.2, 0.25) is 0 Å². The first-order valence-electron chi connectivity index (χ1n) is 5.78. The van der Waals surface area contributed by atoms with Gasteiger partial charge in [-0.05, 0) is 30.3 Å². The molecule has 86 valence electrons. The highest BCUT2D eigenvalue weighted by atomic mass is 19.1. The molecular formula is C15H9FN2. The molecule has 4 aromatic rings. The van der Waals surface area contributed by atoms with Crippen LogP contribution < -0.4 is 0 Å². The molecule has 0 aliphatic rings. The lowest BCUT2D eigenvalue weighted by atomic mass is 10.1. The van der Waals surface area contributed by atoms with Gasteiger partial charge in [-0.15, -0.1) is 0 Å². The highest BCUT2D eigenvalue weighted by Gasteiger charge is 2.07. The summed E-state index contributed by atoms with van der Waals surface area (Å²) < 4.78 is 13.2. The highest BCUT2D eigenvalue weighted by Crippen LogP contribution is 2.27. The number of nitrogens with one attached hydrogen (secondary N) is 1. The first-order chi connectivity index (χ1) is 8.81. The third-order valence-corrected chi connectivity index (χ3v) is 3.25. The van der Waals surface area contributed by atoms with Crippen molar-refractivity contribution in [2.24, 2.45) is 0 Å². The molecule has 0 radical (unpaired) electrons. The summed E-state index contributed by atoms with van der Waals surface area (Å²) in [7, 11) is 0. The van der Waals surface area contributed by atoms with Crippen LogP contribution in [0.5, 0.6) is 0 Å². The van der Waals surface area contributed by atoms with Crippen molar-refractivity contribution in [2.75, 3.05) is 0 Å². The number of aromatic nitrogens is 2. The summed E-state index contributed by atoms with van der Waals surface area (Å²) in [5.41, 5.74) is 2.53. The van der Waals surface area contributed by atoms with Crippen LogP contribution in [0.1, 0.15) is 0 Å². The number of fused-ring (bicyclic) bond motifs is 4. The molecule has 0 atom stereocenters. The van der Waals surface area contributed by atoms with E-state index >= 15 is 0 Å². The minimum atomic E-state index is -0.237. The highest BCUT2D eigenvalue weighted by molar-refractivity contribution is 6.09. The predicted molar refractivity (Wildman–Crippen MR) is 71.1 cm³/mol. The molecule has 2 aromatic carbocycles. The fourth-order valence-corrected chi connectivity index (χ4v) is 2.40. The number of rotatable bonds is 0. The molecular weight excluding hydrogens is 227 g/mol. The molecule has 2 heterocycles. The van der Waals surface area contributed by atoms with Gasteiger partial charge in [-0.2, -0.15) is 0 Å². The van der Waals surface area contributed by atoms with E-state index in [1.807, 2.05) is 24.3 Å². The van der Waals surface area contributed by atoms with E-state index in [9.17, 15) is 4.39 Å². The summed E-state index contributed by atoms with van der Waals surface area (Å²) in [5, 5.41) is 3.13. The van der Waals surface area contributed by atoms with E-state index in [2.05, 4.69) is 16.0 Å². The van der Waals surface area contributed by atoms with Gasteiger partial charge in [-0.3, -0.25) is 0 Å². The van der Waals surface area contributed by atoms with Gasteiger partial charge in [0.15, 0.2) is 0 Å². The molecule has 0 amide bonds. The van der Waals surface area contributed by atoms with Gasteiger partial charge in [0.25, 0.3) is 0 Å². The predicted octanol–water partition coefficient (Wildman–Crippen LogP) is 4.01. The van der Waals surface area contributed by atoms with E-state index in [0.29, 0.717) is 0 Å². The van der Waals surface area contributed by atoms with Crippen molar-refractivity contribution in [2.45, 2.75) is 0 Å². The van der Waals surface area contributed by atoms with Crippen molar-refractivity contribution in [1.29, 1.82) is 0 Å². The molecule has 4 rings (SSSR count). The Morgan fingerprint density at radius 2 is 1.83 bits per heavy atom. The number of aromatic amines is 1. The Labute approximate surface area is 102 Å². The Hall–Kier alpha value is -2.42. The van der Waals surface area contributed by atoms with Crippen LogP contribution >= 0.6 is 0 Å². The summed E-state index contributed by atoms with van der Waals surface area (Å²) in [6, 6.07) is 14.8. The largest absolute Gasteiger partial charge is 0.339 e. The fraction of sp³-hybridized carbons (Fsp3) is 0. The van der Waals surface area contributed by atoms with Crippen molar-refractivity contribution >= 4 is 32.8 Å². The van der Waals surface area contributed by atoms with Crippen LogP contribution in [0.4, 0.5) is 4.39 Å². The topological polar surface area (TPSA) is 28.7 Å². The van der Waals surface area contributed by atoms with Crippen molar-refractivity contribution < 1.29 is 4.39 Å². The smallest absolute Gasteiger partial charge is 0.139 e. The molecule has 2 nitrogen and oxygen atoms in total. The first-order valence-corrected chi connectivity index (χ1v) is 5.78. The Morgan fingerprint density at radius 1 is 0.944 bits per heavy atom. The van der Waals surface area contributed by atoms with Crippen LogP contribution in [0, 0.1) is 5.82 Å². The zero-order chi connectivity index (χ0) is 12.1. The molecule has 0 unspecified atom stereocenters. The Balaban J connectivity index is 2.23. The van der Waals surface area contributed by atoms with Crippen molar-refractivity contribution in [3.63, 3.8) is 0 Å². The zero-order valence-corrected chi connectivity index (χ0v) is 9.44. The maximum atomic E-state index is 13.2. The number of hydrogen-bond donors (Lipinski definition) is 1. The van der Waals surface area contributed by atoms with Crippen molar-refractivity contribution in [3.8, 4) is 0 Å². The summed E-state index contributed by atoms with van der Waals surface area (Å²) in [6.45, 7) is 0. The molecule has 2 aromatic heterocycles. The molecule has 0 aliphatic heterocycles. The average Bonchev–Trinajstić information content (AvgIpc) is 2.72. The minimum Gasteiger partial charge on any atom is -0.339 e. The summed E-state index contributed by atoms with van der Waals surface area (Å²) >= 11 is 0. The molecule has 3 heteroatoms. The molecule has 0 saturated heterocycles. The van der Waals surface area contributed by atoms with Gasteiger partial charge in [-0.25, -0.2) is 9.37 Å². The minimum absolute atomic E-state index is 0.237. The number of H-pyrrole nitrogens is 1. The maximum Gasteiger partial charge on any atom is 0.139 e. The lowest BCUT2D eigenvalue weighted by Crippen LogP contribution is -1.79. The summed E-state index contributed by atoms with van der Waals surface area (Å²) in [5.74, 6) is -0.237. The Morgan fingerprint density at radius 3 is 2.78 bits per heavy atom. The van der Waals surface area contributed by atoms with E-state index < -0.39 is 0 Å². The van der Waals surface area contributed by atoms with Gasteiger partial charge < -0.3 is 4.98 Å². The summed E-state index contributed by atoms with van der Waals surface area (Å²) in [6.07, 6.45) is 0. The van der Waals surface area contributed by atoms with Gasteiger partial charge >= 0.3 is 0 Å². The van der Waals surface area contributed by atoms with Gasteiger partial charge in [0, 0.05) is 16.2 Å². The number of hydrogen-bond acceptors (Lipinski definition) is 1. The number of halogens is 1. The van der Waals surface area contributed by atoms with E-state index in [-0.39, 0.29) is 5.82 Å². The van der Waals surface area contributed by atoms with Gasteiger partial charge in [-0.1, -0.05) is 18.2 Å². The number of para-hydroxylation sites is 1. The Bertz CT molecular complexity index is 893. The van der Waals surface area contributed by atoms with Crippen LogP contribution in [0.25, 0.3) is 32.8 Å². The van der Waals surface area contributed by atoms with E-state index in [1.165, 1.54) is 12.1 Å². The van der Waals surface area contributed by atoms with Gasteiger partial charge in [0.05, 0.1) is 11.0 Å².